The van der Waals surface area contributed by atoms with Gasteiger partial charge in [0.25, 0.3) is 5.69 Å². The Labute approximate surface area is 134 Å². The van der Waals surface area contributed by atoms with E-state index in [0.717, 1.165) is 10.2 Å². The highest BCUT2D eigenvalue weighted by atomic mass is 32.1. The molecule has 3 rings (SSSR count). The monoisotopic (exact) mass is 326 g/mol. The number of carbonyl (C=O) groups excluding carboxylic acids is 1. The van der Waals surface area contributed by atoms with E-state index >= 15 is 0 Å². The number of benzene rings is 1. The average Bonchev–Trinajstić information content (AvgIpc) is 3.03. The van der Waals surface area contributed by atoms with Gasteiger partial charge in [-0.1, -0.05) is 12.1 Å². The molecule has 0 fully saturated rings. The molecule has 1 N–H and O–H groups in total. The second kappa shape index (κ2) is 6.32. The van der Waals surface area contributed by atoms with Crippen molar-refractivity contribution < 1.29 is 9.72 Å². The fourth-order valence-corrected chi connectivity index (χ4v) is 2.69. The molecule has 23 heavy (non-hydrogen) atoms. The Hall–Kier alpha value is -3.13. The summed E-state index contributed by atoms with van der Waals surface area (Å²) >= 11 is 1.46. The average molecular weight is 326 g/mol. The molecule has 0 atom stereocenters. The SMILES string of the molecule is O=C(/C=C/c1cccc([N+](=O)[O-])c1)Nc1ncnc2sccc12. The highest BCUT2D eigenvalue weighted by Crippen LogP contribution is 2.23. The molecule has 114 valence electrons. The number of thiophene rings is 1. The molecule has 2 aromatic heterocycles. The Morgan fingerprint density at radius 3 is 3.00 bits per heavy atom. The Balaban J connectivity index is 1.75. The number of amides is 1. The minimum Gasteiger partial charge on any atom is -0.306 e. The first-order valence-corrected chi connectivity index (χ1v) is 7.43. The lowest BCUT2D eigenvalue weighted by atomic mass is 10.2. The van der Waals surface area contributed by atoms with E-state index in [-0.39, 0.29) is 11.6 Å². The van der Waals surface area contributed by atoms with Gasteiger partial charge < -0.3 is 5.32 Å². The van der Waals surface area contributed by atoms with Crippen molar-refractivity contribution in [1.82, 2.24) is 9.97 Å². The van der Waals surface area contributed by atoms with Crippen LogP contribution in [0.3, 0.4) is 0 Å². The summed E-state index contributed by atoms with van der Waals surface area (Å²) < 4.78 is 0. The summed E-state index contributed by atoms with van der Waals surface area (Å²) in [4.78, 5) is 31.2. The molecule has 0 bridgehead atoms. The van der Waals surface area contributed by atoms with Crippen LogP contribution in [0.4, 0.5) is 11.5 Å². The number of anilines is 1. The Bertz CT molecular complexity index is 920. The van der Waals surface area contributed by atoms with Gasteiger partial charge >= 0.3 is 0 Å². The van der Waals surface area contributed by atoms with Crippen molar-refractivity contribution in [1.29, 1.82) is 0 Å². The zero-order valence-electron chi connectivity index (χ0n) is 11.7. The van der Waals surface area contributed by atoms with Crippen LogP contribution in [0.2, 0.25) is 0 Å². The number of nitrogens with zero attached hydrogens (tertiary/aromatic N) is 3. The largest absolute Gasteiger partial charge is 0.306 e. The lowest BCUT2D eigenvalue weighted by molar-refractivity contribution is -0.384. The zero-order chi connectivity index (χ0) is 16.2. The van der Waals surface area contributed by atoms with E-state index < -0.39 is 4.92 Å². The van der Waals surface area contributed by atoms with Gasteiger partial charge in [0.15, 0.2) is 0 Å². The third-order valence-electron chi connectivity index (χ3n) is 3.01. The molecule has 0 aliphatic heterocycles. The van der Waals surface area contributed by atoms with Gasteiger partial charge in [0, 0.05) is 18.2 Å². The van der Waals surface area contributed by atoms with Crippen LogP contribution in [0, 0.1) is 10.1 Å². The van der Waals surface area contributed by atoms with Crippen LogP contribution in [0.5, 0.6) is 0 Å². The number of hydrogen-bond donors (Lipinski definition) is 1. The van der Waals surface area contributed by atoms with Crippen LogP contribution >= 0.6 is 11.3 Å². The van der Waals surface area contributed by atoms with Crippen molar-refractivity contribution in [3.63, 3.8) is 0 Å². The maximum absolute atomic E-state index is 12.0. The molecule has 0 radical (unpaired) electrons. The van der Waals surface area contributed by atoms with Crippen LogP contribution in [0.25, 0.3) is 16.3 Å². The van der Waals surface area contributed by atoms with Crippen LogP contribution in [-0.4, -0.2) is 20.8 Å². The molecule has 0 saturated carbocycles. The van der Waals surface area contributed by atoms with Gasteiger partial charge in [-0.05, 0) is 23.1 Å². The number of carbonyl (C=O) groups is 1. The predicted octanol–water partition coefficient (Wildman–Crippen LogP) is 3.25. The number of non-ortho nitro benzene ring substituents is 1. The maximum atomic E-state index is 12.0. The number of rotatable bonds is 4. The maximum Gasteiger partial charge on any atom is 0.270 e. The number of aromatic nitrogens is 2. The summed E-state index contributed by atoms with van der Waals surface area (Å²) in [6, 6.07) is 7.87. The van der Waals surface area contributed by atoms with Gasteiger partial charge in [0.05, 0.1) is 10.3 Å². The quantitative estimate of drug-likeness (QED) is 0.451. The van der Waals surface area contributed by atoms with E-state index in [4.69, 9.17) is 0 Å². The fourth-order valence-electron chi connectivity index (χ4n) is 1.96. The summed E-state index contributed by atoms with van der Waals surface area (Å²) in [5, 5.41) is 16.0. The molecule has 0 aliphatic carbocycles. The summed E-state index contributed by atoms with van der Waals surface area (Å²) in [7, 11) is 0. The topological polar surface area (TPSA) is 98.0 Å². The van der Waals surface area contributed by atoms with Crippen LogP contribution in [0.15, 0.2) is 48.1 Å². The Morgan fingerprint density at radius 2 is 2.17 bits per heavy atom. The van der Waals surface area contributed by atoms with Gasteiger partial charge in [-0.15, -0.1) is 11.3 Å². The van der Waals surface area contributed by atoms with Crippen LogP contribution in [0.1, 0.15) is 5.56 Å². The molecule has 8 heteroatoms. The molecule has 0 aliphatic rings. The van der Waals surface area contributed by atoms with Crippen LogP contribution in [-0.2, 0) is 4.79 Å². The fraction of sp³-hybridized carbons (Fsp3) is 0. The van der Waals surface area contributed by atoms with Crippen molar-refractivity contribution >= 4 is 45.0 Å². The minimum absolute atomic E-state index is 0.0247. The lowest BCUT2D eigenvalue weighted by Crippen LogP contribution is -2.09. The summed E-state index contributed by atoms with van der Waals surface area (Å²) in [5.41, 5.74) is 0.543. The Morgan fingerprint density at radius 1 is 1.30 bits per heavy atom. The van der Waals surface area contributed by atoms with Crippen molar-refractivity contribution in [3.05, 3.63) is 63.8 Å². The van der Waals surface area contributed by atoms with Gasteiger partial charge in [0.1, 0.15) is 17.0 Å². The standard InChI is InChI=1S/C15H10N4O3S/c20-13(5-4-10-2-1-3-11(8-10)19(21)22)18-14-12-6-7-23-15(12)17-9-16-14/h1-9H,(H,16,17,18,20)/b5-4+. The van der Waals surface area contributed by atoms with Gasteiger partial charge in [-0.25, -0.2) is 9.97 Å². The van der Waals surface area contributed by atoms with Crippen LogP contribution < -0.4 is 5.32 Å². The van der Waals surface area contributed by atoms with E-state index in [1.807, 2.05) is 11.4 Å². The van der Waals surface area contributed by atoms with Crippen molar-refractivity contribution in [2.45, 2.75) is 0 Å². The number of nitro benzene ring substituents is 1. The van der Waals surface area contributed by atoms with Gasteiger partial charge in [0.2, 0.25) is 5.91 Å². The van der Waals surface area contributed by atoms with E-state index in [2.05, 4.69) is 15.3 Å². The van der Waals surface area contributed by atoms with Gasteiger partial charge in [-0.3, -0.25) is 14.9 Å². The molecule has 0 unspecified atom stereocenters. The highest BCUT2D eigenvalue weighted by Gasteiger charge is 2.07. The zero-order valence-corrected chi connectivity index (χ0v) is 12.5. The smallest absolute Gasteiger partial charge is 0.270 e. The molecule has 0 saturated heterocycles. The third kappa shape index (κ3) is 3.38. The first kappa shape index (κ1) is 14.8. The minimum atomic E-state index is -0.481. The molecule has 0 spiro atoms. The number of hydrogen-bond acceptors (Lipinski definition) is 6. The summed E-state index contributed by atoms with van der Waals surface area (Å²) in [6.07, 6.45) is 4.20. The molecule has 2 heterocycles. The van der Waals surface area contributed by atoms with E-state index in [1.54, 1.807) is 12.1 Å². The van der Waals surface area contributed by atoms with Crippen molar-refractivity contribution in [2.75, 3.05) is 5.32 Å². The molecule has 3 aromatic rings. The summed E-state index contributed by atoms with van der Waals surface area (Å²) in [6.45, 7) is 0. The molecule has 7 nitrogen and oxygen atoms in total. The van der Waals surface area contributed by atoms with E-state index in [9.17, 15) is 14.9 Å². The lowest BCUT2D eigenvalue weighted by Gasteiger charge is -2.01. The van der Waals surface area contributed by atoms with Crippen molar-refractivity contribution in [3.8, 4) is 0 Å². The number of nitrogens with one attached hydrogen (secondary N) is 1. The number of fused-ring (bicyclic) bond motifs is 1. The predicted molar refractivity (Wildman–Crippen MR) is 88.2 cm³/mol. The second-order valence-electron chi connectivity index (χ2n) is 4.54. The van der Waals surface area contributed by atoms with E-state index in [1.165, 1.54) is 41.9 Å². The number of nitro groups is 1. The Kier molecular flexibility index (Phi) is 4.07. The van der Waals surface area contributed by atoms with E-state index in [0.29, 0.717) is 11.4 Å². The molecular formula is C15H10N4O3S. The normalized spacial score (nSPS) is 11.0. The summed E-state index contributed by atoms with van der Waals surface area (Å²) in [5.74, 6) is 0.0626. The first-order chi connectivity index (χ1) is 11.1. The second-order valence-corrected chi connectivity index (χ2v) is 5.43. The molecule has 1 aromatic carbocycles. The third-order valence-corrected chi connectivity index (χ3v) is 3.83. The highest BCUT2D eigenvalue weighted by molar-refractivity contribution is 7.16. The molecule has 1 amide bonds. The molecular weight excluding hydrogens is 316 g/mol. The van der Waals surface area contributed by atoms with Gasteiger partial charge in [-0.2, -0.15) is 0 Å². The first-order valence-electron chi connectivity index (χ1n) is 6.55. The van der Waals surface area contributed by atoms with Crippen molar-refractivity contribution in [2.24, 2.45) is 0 Å².